The first-order chi connectivity index (χ1) is 7.10. The third-order valence-corrected chi connectivity index (χ3v) is 2.62. The lowest BCUT2D eigenvalue weighted by Gasteiger charge is -2.23. The molecule has 0 unspecified atom stereocenters. The molecule has 1 rings (SSSR count). The highest BCUT2D eigenvalue weighted by molar-refractivity contribution is 6.58. The Hall–Kier alpha value is -0.995. The Morgan fingerprint density at radius 2 is 1.80 bits per heavy atom. The molecule has 0 saturated carbocycles. The molecule has 0 fully saturated rings. The summed E-state index contributed by atoms with van der Waals surface area (Å²) in [5.41, 5.74) is 2.78. The van der Waals surface area contributed by atoms with E-state index in [1.54, 1.807) is 6.07 Å². The van der Waals surface area contributed by atoms with E-state index in [-0.39, 0.29) is 0 Å². The molecule has 0 atom stereocenters. The lowest BCUT2D eigenvalue weighted by Crippen LogP contribution is -2.31. The van der Waals surface area contributed by atoms with Gasteiger partial charge in [0.2, 0.25) is 0 Å². The number of anilines is 1. The van der Waals surface area contributed by atoms with Gasteiger partial charge in [-0.1, -0.05) is 12.1 Å². The van der Waals surface area contributed by atoms with E-state index in [9.17, 15) is 0 Å². The summed E-state index contributed by atoms with van der Waals surface area (Å²) in [5.74, 6) is 0. The summed E-state index contributed by atoms with van der Waals surface area (Å²) in [7, 11) is -1.38. The van der Waals surface area contributed by atoms with Gasteiger partial charge < -0.3 is 14.9 Å². The molecule has 3 nitrogen and oxygen atoms in total. The monoisotopic (exact) mass is 207 g/mol. The van der Waals surface area contributed by atoms with Crippen LogP contribution in [0.15, 0.2) is 18.2 Å². The van der Waals surface area contributed by atoms with Crippen molar-refractivity contribution in [2.24, 2.45) is 0 Å². The van der Waals surface area contributed by atoms with E-state index < -0.39 is 7.12 Å². The fourth-order valence-electron chi connectivity index (χ4n) is 1.76. The molecule has 1 aromatic rings. The smallest absolute Gasteiger partial charge is 0.423 e. The molecule has 4 heteroatoms. The lowest BCUT2D eigenvalue weighted by atomic mass is 9.79. The van der Waals surface area contributed by atoms with Gasteiger partial charge in [0.25, 0.3) is 0 Å². The molecule has 0 spiro atoms. The molecule has 0 aliphatic carbocycles. The molecular formula is C11H18BNO2. The van der Waals surface area contributed by atoms with Crippen LogP contribution in [0.4, 0.5) is 5.69 Å². The van der Waals surface area contributed by atoms with Crippen LogP contribution in [0.1, 0.15) is 19.4 Å². The second-order valence-electron chi connectivity index (χ2n) is 3.59. The second kappa shape index (κ2) is 5.19. The summed E-state index contributed by atoms with van der Waals surface area (Å²) >= 11 is 0. The van der Waals surface area contributed by atoms with Crippen LogP contribution in [0.5, 0.6) is 0 Å². The molecule has 1 aromatic carbocycles. The van der Waals surface area contributed by atoms with Gasteiger partial charge in [0.15, 0.2) is 0 Å². The van der Waals surface area contributed by atoms with Crippen molar-refractivity contribution in [3.63, 3.8) is 0 Å². The summed E-state index contributed by atoms with van der Waals surface area (Å²) in [6, 6.07) is 5.51. The number of nitrogens with zero attached hydrogens (tertiary/aromatic N) is 1. The van der Waals surface area contributed by atoms with Crippen LogP contribution in [0, 0.1) is 6.92 Å². The van der Waals surface area contributed by atoms with E-state index >= 15 is 0 Å². The average molecular weight is 207 g/mol. The van der Waals surface area contributed by atoms with E-state index in [4.69, 9.17) is 10.0 Å². The van der Waals surface area contributed by atoms with E-state index in [1.807, 2.05) is 19.1 Å². The summed E-state index contributed by atoms with van der Waals surface area (Å²) in [5, 5.41) is 18.1. The molecule has 82 valence electrons. The van der Waals surface area contributed by atoms with Crippen molar-refractivity contribution in [2.75, 3.05) is 18.0 Å². The Morgan fingerprint density at radius 1 is 1.20 bits per heavy atom. The normalized spacial score (nSPS) is 10.2. The van der Waals surface area contributed by atoms with E-state index in [2.05, 4.69) is 18.7 Å². The van der Waals surface area contributed by atoms with Gasteiger partial charge in [-0.15, -0.1) is 0 Å². The van der Waals surface area contributed by atoms with Gasteiger partial charge in [-0.05, 0) is 37.9 Å². The van der Waals surface area contributed by atoms with Gasteiger partial charge in [0, 0.05) is 18.8 Å². The molecule has 0 saturated heterocycles. The van der Waals surface area contributed by atoms with Crippen LogP contribution < -0.4 is 10.4 Å². The fourth-order valence-corrected chi connectivity index (χ4v) is 1.76. The van der Waals surface area contributed by atoms with Crippen molar-refractivity contribution < 1.29 is 10.0 Å². The van der Waals surface area contributed by atoms with E-state index in [0.29, 0.717) is 5.46 Å². The number of hydrogen-bond donors (Lipinski definition) is 2. The number of aryl methyl sites for hydroxylation is 1. The Labute approximate surface area is 91.5 Å². The first-order valence-electron chi connectivity index (χ1n) is 5.31. The summed E-state index contributed by atoms with van der Waals surface area (Å²) in [6.45, 7) is 8.12. The largest absolute Gasteiger partial charge is 0.488 e. The Balaban J connectivity index is 3.02. The van der Waals surface area contributed by atoms with Crippen LogP contribution in [0.3, 0.4) is 0 Å². The fraction of sp³-hybridized carbons (Fsp3) is 0.455. The van der Waals surface area contributed by atoms with Crippen LogP contribution in [-0.4, -0.2) is 30.3 Å². The molecule has 15 heavy (non-hydrogen) atoms. The van der Waals surface area contributed by atoms with Gasteiger partial charge in [0.1, 0.15) is 0 Å². The summed E-state index contributed by atoms with van der Waals surface area (Å²) in [4.78, 5) is 2.24. The zero-order valence-electron chi connectivity index (χ0n) is 9.57. The minimum atomic E-state index is -1.38. The summed E-state index contributed by atoms with van der Waals surface area (Å²) < 4.78 is 0. The predicted molar refractivity (Wildman–Crippen MR) is 64.6 cm³/mol. The van der Waals surface area contributed by atoms with Crippen LogP contribution >= 0.6 is 0 Å². The van der Waals surface area contributed by atoms with Gasteiger partial charge >= 0.3 is 7.12 Å². The third-order valence-electron chi connectivity index (χ3n) is 2.62. The number of hydrogen-bond acceptors (Lipinski definition) is 3. The van der Waals surface area contributed by atoms with Crippen molar-refractivity contribution in [1.82, 2.24) is 0 Å². The molecule has 0 aromatic heterocycles. The SMILES string of the molecule is CCN(CC)c1ccc(B(O)O)cc1C. The van der Waals surface area contributed by atoms with Crippen molar-refractivity contribution in [3.8, 4) is 0 Å². The molecule has 0 bridgehead atoms. The van der Waals surface area contributed by atoms with Gasteiger partial charge in [0.05, 0.1) is 0 Å². The topological polar surface area (TPSA) is 43.7 Å². The number of rotatable bonds is 4. The molecule has 0 aliphatic rings. The maximum absolute atomic E-state index is 9.03. The van der Waals surface area contributed by atoms with Crippen LogP contribution in [-0.2, 0) is 0 Å². The van der Waals surface area contributed by atoms with Gasteiger partial charge in [-0.25, -0.2) is 0 Å². The first-order valence-corrected chi connectivity index (χ1v) is 5.31. The van der Waals surface area contributed by atoms with Gasteiger partial charge in [-0.2, -0.15) is 0 Å². The third kappa shape index (κ3) is 2.73. The molecular weight excluding hydrogens is 189 g/mol. The highest BCUT2D eigenvalue weighted by Gasteiger charge is 2.13. The number of benzene rings is 1. The molecule has 0 heterocycles. The van der Waals surface area contributed by atoms with E-state index in [1.165, 1.54) is 0 Å². The Kier molecular flexibility index (Phi) is 4.18. The Morgan fingerprint density at radius 3 is 2.20 bits per heavy atom. The maximum atomic E-state index is 9.03. The van der Waals surface area contributed by atoms with E-state index in [0.717, 1.165) is 24.3 Å². The van der Waals surface area contributed by atoms with Gasteiger partial charge in [-0.3, -0.25) is 0 Å². The standard InChI is InChI=1S/C11H18BNO2/c1-4-13(5-2)11-7-6-10(12(14)15)8-9(11)3/h6-8,14-15H,4-5H2,1-3H3. The summed E-state index contributed by atoms with van der Waals surface area (Å²) in [6.07, 6.45) is 0. The maximum Gasteiger partial charge on any atom is 0.488 e. The lowest BCUT2D eigenvalue weighted by molar-refractivity contribution is 0.426. The molecule has 2 N–H and O–H groups in total. The van der Waals surface area contributed by atoms with Crippen molar-refractivity contribution in [1.29, 1.82) is 0 Å². The minimum absolute atomic E-state index is 0.545. The van der Waals surface area contributed by atoms with Crippen molar-refractivity contribution in [3.05, 3.63) is 23.8 Å². The second-order valence-corrected chi connectivity index (χ2v) is 3.59. The highest BCUT2D eigenvalue weighted by Crippen LogP contribution is 2.17. The predicted octanol–water partition coefficient (Wildman–Crippen LogP) is 0.521. The minimum Gasteiger partial charge on any atom is -0.423 e. The Bertz CT molecular complexity index is 324. The zero-order chi connectivity index (χ0) is 11.4. The quantitative estimate of drug-likeness (QED) is 0.707. The van der Waals surface area contributed by atoms with Crippen LogP contribution in [0.25, 0.3) is 0 Å². The first kappa shape index (κ1) is 12.1. The molecule has 0 radical (unpaired) electrons. The molecule has 0 amide bonds. The zero-order valence-corrected chi connectivity index (χ0v) is 9.57. The van der Waals surface area contributed by atoms with Crippen molar-refractivity contribution in [2.45, 2.75) is 20.8 Å². The van der Waals surface area contributed by atoms with Crippen molar-refractivity contribution >= 4 is 18.3 Å². The van der Waals surface area contributed by atoms with Crippen LogP contribution in [0.2, 0.25) is 0 Å². The highest BCUT2D eigenvalue weighted by atomic mass is 16.4. The average Bonchev–Trinajstić information content (AvgIpc) is 2.21. The molecule has 0 aliphatic heterocycles.